The molecular formula is C24H33N3O2. The van der Waals surface area contributed by atoms with Gasteiger partial charge in [-0.3, -0.25) is 4.79 Å². The first-order chi connectivity index (χ1) is 14.1. The van der Waals surface area contributed by atoms with E-state index in [4.69, 9.17) is 4.74 Å². The van der Waals surface area contributed by atoms with Crippen molar-refractivity contribution < 1.29 is 9.53 Å². The number of hydrazone groups is 1. The van der Waals surface area contributed by atoms with Gasteiger partial charge in [0.2, 0.25) is 5.91 Å². The van der Waals surface area contributed by atoms with E-state index in [0.29, 0.717) is 13.0 Å². The number of unbranched alkanes of at least 4 members (excludes halogenated alkanes) is 2. The van der Waals surface area contributed by atoms with Crippen molar-refractivity contribution in [3.8, 4) is 5.75 Å². The van der Waals surface area contributed by atoms with Gasteiger partial charge >= 0.3 is 0 Å². The average Bonchev–Trinajstić information content (AvgIpc) is 2.72. The van der Waals surface area contributed by atoms with Crippen molar-refractivity contribution in [2.45, 2.75) is 38.5 Å². The van der Waals surface area contributed by atoms with Gasteiger partial charge in [0, 0.05) is 13.0 Å². The monoisotopic (exact) mass is 395 g/mol. The van der Waals surface area contributed by atoms with Gasteiger partial charge in [-0.05, 0) is 75.2 Å². The second-order valence-corrected chi connectivity index (χ2v) is 7.41. The standard InChI is InChI=1S/C24H33N3O2/c1-27(2)18-9-19-29-23-16-14-22(15-17-23)20-25-26-24(28)13-8-4-7-12-21-10-5-3-6-11-21/h3,5-6,10-11,14-17,20H,4,7-9,12-13,18-19H2,1-2H3,(H,26,28)/b25-20+. The lowest BCUT2D eigenvalue weighted by Crippen LogP contribution is -2.16. The van der Waals surface area contributed by atoms with Gasteiger partial charge < -0.3 is 9.64 Å². The Balaban J connectivity index is 1.56. The Hall–Kier alpha value is -2.66. The summed E-state index contributed by atoms with van der Waals surface area (Å²) in [7, 11) is 4.11. The normalized spacial score (nSPS) is 11.1. The van der Waals surface area contributed by atoms with Gasteiger partial charge in [-0.1, -0.05) is 36.8 Å². The number of aryl methyl sites for hydroxylation is 1. The van der Waals surface area contributed by atoms with E-state index in [1.807, 2.05) is 30.3 Å². The zero-order chi connectivity index (χ0) is 20.7. The van der Waals surface area contributed by atoms with Crippen LogP contribution in [0.2, 0.25) is 0 Å². The first kappa shape index (κ1) is 22.6. The van der Waals surface area contributed by atoms with Crippen LogP contribution in [-0.4, -0.2) is 44.3 Å². The van der Waals surface area contributed by atoms with Crippen molar-refractivity contribution in [3.63, 3.8) is 0 Å². The molecule has 5 nitrogen and oxygen atoms in total. The topological polar surface area (TPSA) is 53.9 Å². The summed E-state index contributed by atoms with van der Waals surface area (Å²) in [6, 6.07) is 18.2. The highest BCUT2D eigenvalue weighted by atomic mass is 16.5. The van der Waals surface area contributed by atoms with E-state index in [9.17, 15) is 4.79 Å². The molecule has 0 aliphatic heterocycles. The third-order valence-electron chi connectivity index (χ3n) is 4.51. The van der Waals surface area contributed by atoms with Gasteiger partial charge in [0.15, 0.2) is 0 Å². The van der Waals surface area contributed by atoms with Crippen LogP contribution >= 0.6 is 0 Å². The highest BCUT2D eigenvalue weighted by molar-refractivity contribution is 5.82. The molecule has 2 aromatic carbocycles. The maximum atomic E-state index is 11.9. The van der Waals surface area contributed by atoms with Crippen LogP contribution in [0.1, 0.15) is 43.2 Å². The van der Waals surface area contributed by atoms with E-state index in [2.05, 4.69) is 53.8 Å². The Morgan fingerprint density at radius 2 is 1.76 bits per heavy atom. The largest absolute Gasteiger partial charge is 0.494 e. The number of carbonyl (C=O) groups excluding carboxylic acids is 1. The van der Waals surface area contributed by atoms with Crippen LogP contribution in [0.25, 0.3) is 0 Å². The lowest BCUT2D eigenvalue weighted by molar-refractivity contribution is -0.121. The Labute approximate surface area is 174 Å². The molecule has 0 atom stereocenters. The number of carbonyl (C=O) groups is 1. The van der Waals surface area contributed by atoms with Crippen LogP contribution in [-0.2, 0) is 11.2 Å². The number of hydrogen-bond donors (Lipinski definition) is 1. The number of rotatable bonds is 13. The maximum absolute atomic E-state index is 11.9. The molecule has 1 N–H and O–H groups in total. The Morgan fingerprint density at radius 1 is 1.00 bits per heavy atom. The summed E-state index contributed by atoms with van der Waals surface area (Å²) in [5, 5.41) is 4.04. The number of nitrogens with one attached hydrogen (secondary N) is 1. The molecule has 2 rings (SSSR count). The van der Waals surface area contributed by atoms with Crippen LogP contribution in [0.5, 0.6) is 5.75 Å². The maximum Gasteiger partial charge on any atom is 0.240 e. The Kier molecular flexibility index (Phi) is 10.5. The van der Waals surface area contributed by atoms with Gasteiger partial charge in [0.1, 0.15) is 5.75 Å². The summed E-state index contributed by atoms with van der Waals surface area (Å²) in [6.07, 6.45) is 7.25. The molecule has 0 saturated heterocycles. The summed E-state index contributed by atoms with van der Waals surface area (Å²) < 4.78 is 5.71. The second kappa shape index (κ2) is 13.5. The molecule has 0 aromatic heterocycles. The van der Waals surface area contributed by atoms with Gasteiger partial charge in [-0.2, -0.15) is 5.10 Å². The van der Waals surface area contributed by atoms with Crippen LogP contribution < -0.4 is 10.2 Å². The van der Waals surface area contributed by atoms with Crippen molar-refractivity contribution in [2.24, 2.45) is 5.10 Å². The molecule has 0 fully saturated rings. The van der Waals surface area contributed by atoms with E-state index >= 15 is 0 Å². The van der Waals surface area contributed by atoms with E-state index in [1.54, 1.807) is 6.21 Å². The summed E-state index contributed by atoms with van der Waals surface area (Å²) in [5.41, 5.74) is 4.88. The fourth-order valence-electron chi connectivity index (χ4n) is 2.89. The molecule has 29 heavy (non-hydrogen) atoms. The predicted molar refractivity (Wildman–Crippen MR) is 119 cm³/mol. The minimum Gasteiger partial charge on any atom is -0.494 e. The molecule has 0 spiro atoms. The summed E-state index contributed by atoms with van der Waals surface area (Å²) in [4.78, 5) is 14.0. The summed E-state index contributed by atoms with van der Waals surface area (Å²) in [6.45, 7) is 1.71. The first-order valence-electron chi connectivity index (χ1n) is 10.4. The second-order valence-electron chi connectivity index (χ2n) is 7.41. The lowest BCUT2D eigenvalue weighted by Gasteiger charge is -2.10. The molecule has 0 bridgehead atoms. The SMILES string of the molecule is CN(C)CCCOc1ccc(/C=N/NC(=O)CCCCCc2ccccc2)cc1. The van der Waals surface area contributed by atoms with Crippen molar-refractivity contribution >= 4 is 12.1 Å². The molecular weight excluding hydrogens is 362 g/mol. The highest BCUT2D eigenvalue weighted by Crippen LogP contribution is 2.11. The number of ether oxygens (including phenoxy) is 1. The first-order valence-corrected chi connectivity index (χ1v) is 10.4. The van der Waals surface area contributed by atoms with E-state index < -0.39 is 0 Å². The summed E-state index contributed by atoms with van der Waals surface area (Å²) in [5.74, 6) is 0.808. The van der Waals surface area contributed by atoms with Crippen molar-refractivity contribution in [2.75, 3.05) is 27.2 Å². The third kappa shape index (κ3) is 10.5. The van der Waals surface area contributed by atoms with E-state index in [0.717, 1.165) is 50.0 Å². The Bertz CT molecular complexity index is 728. The molecule has 156 valence electrons. The minimum atomic E-state index is -0.0400. The number of hydrogen-bond acceptors (Lipinski definition) is 4. The van der Waals surface area contributed by atoms with Gasteiger partial charge in [-0.25, -0.2) is 5.43 Å². The fourth-order valence-corrected chi connectivity index (χ4v) is 2.89. The molecule has 0 aliphatic rings. The quantitative estimate of drug-likeness (QED) is 0.313. The Morgan fingerprint density at radius 3 is 2.48 bits per heavy atom. The van der Waals surface area contributed by atoms with Crippen molar-refractivity contribution in [1.29, 1.82) is 0 Å². The van der Waals surface area contributed by atoms with E-state index in [1.165, 1.54) is 5.56 Å². The van der Waals surface area contributed by atoms with Gasteiger partial charge in [0.05, 0.1) is 12.8 Å². The molecule has 0 unspecified atom stereocenters. The zero-order valence-electron chi connectivity index (χ0n) is 17.6. The van der Waals surface area contributed by atoms with Crippen molar-refractivity contribution in [1.82, 2.24) is 10.3 Å². The smallest absolute Gasteiger partial charge is 0.240 e. The molecule has 2 aromatic rings. The van der Waals surface area contributed by atoms with Crippen LogP contribution in [0, 0.1) is 0 Å². The van der Waals surface area contributed by atoms with E-state index in [-0.39, 0.29) is 5.91 Å². The number of benzene rings is 2. The van der Waals surface area contributed by atoms with Gasteiger partial charge in [-0.15, -0.1) is 0 Å². The number of amides is 1. The van der Waals surface area contributed by atoms with Crippen LogP contribution in [0.3, 0.4) is 0 Å². The summed E-state index contributed by atoms with van der Waals surface area (Å²) >= 11 is 0. The molecule has 0 heterocycles. The molecule has 0 aliphatic carbocycles. The highest BCUT2D eigenvalue weighted by Gasteiger charge is 2.00. The van der Waals surface area contributed by atoms with Crippen LogP contribution in [0.15, 0.2) is 59.7 Å². The van der Waals surface area contributed by atoms with Gasteiger partial charge in [0.25, 0.3) is 0 Å². The fraction of sp³-hybridized carbons (Fsp3) is 0.417. The molecule has 0 radical (unpaired) electrons. The third-order valence-corrected chi connectivity index (χ3v) is 4.51. The van der Waals surface area contributed by atoms with Crippen molar-refractivity contribution in [3.05, 3.63) is 65.7 Å². The molecule has 5 heteroatoms. The molecule has 1 amide bonds. The van der Waals surface area contributed by atoms with Crippen LogP contribution in [0.4, 0.5) is 0 Å². The minimum absolute atomic E-state index is 0.0400. The number of nitrogens with zero attached hydrogens (tertiary/aromatic N) is 2. The predicted octanol–water partition coefficient (Wildman–Crippen LogP) is 4.27. The lowest BCUT2D eigenvalue weighted by atomic mass is 10.1. The zero-order valence-corrected chi connectivity index (χ0v) is 17.6. The molecule has 0 saturated carbocycles. The average molecular weight is 396 g/mol.